The average molecular weight is 428 g/mol. The number of fused-ring (bicyclic) bond motifs is 1. The third-order valence-corrected chi connectivity index (χ3v) is 6.62. The second kappa shape index (κ2) is 10.1. The standard InChI is InChI=1S/C23H30FN5S/c1-25-23(26-9-8-18-14-27-22-12-19(24)6-7-21(18)22)28-13-17-4-2-10-29(15-17)16-20-5-3-11-30-20/h3,5-7,11-12,14,17,27H,2,4,8-10,13,15-16H2,1H3,(H2,25,26,28). The number of hydrogen-bond donors (Lipinski definition) is 3. The number of likely N-dealkylation sites (tertiary alicyclic amines) is 1. The summed E-state index contributed by atoms with van der Waals surface area (Å²) in [5.41, 5.74) is 2.03. The Kier molecular flexibility index (Phi) is 7.02. The smallest absolute Gasteiger partial charge is 0.190 e. The molecule has 3 aromatic rings. The van der Waals surface area contributed by atoms with Crippen LogP contribution in [0.15, 0.2) is 46.9 Å². The van der Waals surface area contributed by atoms with Crippen molar-refractivity contribution in [3.8, 4) is 0 Å². The molecular weight excluding hydrogens is 397 g/mol. The Bertz CT molecular complexity index is 965. The monoisotopic (exact) mass is 427 g/mol. The molecule has 1 saturated heterocycles. The number of halogens is 1. The van der Waals surface area contributed by atoms with E-state index in [0.29, 0.717) is 5.92 Å². The van der Waals surface area contributed by atoms with E-state index in [4.69, 9.17) is 0 Å². The molecule has 4 rings (SSSR count). The summed E-state index contributed by atoms with van der Waals surface area (Å²) in [6, 6.07) is 9.25. The lowest BCUT2D eigenvalue weighted by molar-refractivity contribution is 0.169. The summed E-state index contributed by atoms with van der Waals surface area (Å²) in [5, 5.41) is 10.1. The molecule has 1 aliphatic rings. The van der Waals surface area contributed by atoms with Gasteiger partial charge < -0.3 is 15.6 Å². The van der Waals surface area contributed by atoms with E-state index < -0.39 is 0 Å². The predicted octanol–water partition coefficient (Wildman–Crippen LogP) is 3.99. The number of nitrogens with one attached hydrogen (secondary N) is 3. The topological polar surface area (TPSA) is 55.5 Å². The summed E-state index contributed by atoms with van der Waals surface area (Å²) in [5.74, 6) is 1.27. The fraction of sp³-hybridized carbons (Fsp3) is 0.435. The number of rotatable bonds is 7. The van der Waals surface area contributed by atoms with Gasteiger partial charge in [0.15, 0.2) is 5.96 Å². The molecule has 0 amide bonds. The highest BCUT2D eigenvalue weighted by atomic mass is 32.1. The zero-order valence-electron chi connectivity index (χ0n) is 17.5. The molecule has 160 valence electrons. The molecule has 0 aliphatic carbocycles. The lowest BCUT2D eigenvalue weighted by Gasteiger charge is -2.32. The van der Waals surface area contributed by atoms with E-state index in [1.165, 1.54) is 35.9 Å². The molecule has 1 unspecified atom stereocenters. The van der Waals surface area contributed by atoms with Crippen LogP contribution in [0, 0.1) is 11.7 Å². The molecule has 1 fully saturated rings. The molecule has 5 nitrogen and oxygen atoms in total. The Morgan fingerprint density at radius 1 is 1.33 bits per heavy atom. The van der Waals surface area contributed by atoms with Crippen LogP contribution in [0.3, 0.4) is 0 Å². The first kappa shape index (κ1) is 20.9. The van der Waals surface area contributed by atoms with Crippen LogP contribution in [-0.2, 0) is 13.0 Å². The van der Waals surface area contributed by atoms with Crippen LogP contribution in [0.2, 0.25) is 0 Å². The molecule has 3 N–H and O–H groups in total. The number of H-pyrrole nitrogens is 1. The van der Waals surface area contributed by atoms with E-state index in [-0.39, 0.29) is 5.82 Å². The zero-order chi connectivity index (χ0) is 20.8. The minimum Gasteiger partial charge on any atom is -0.361 e. The summed E-state index contributed by atoms with van der Waals surface area (Å²) in [6.45, 7) is 5.10. The van der Waals surface area contributed by atoms with Gasteiger partial charge in [0.05, 0.1) is 0 Å². The second-order valence-electron chi connectivity index (χ2n) is 7.96. The first-order valence-corrected chi connectivity index (χ1v) is 11.5. The highest BCUT2D eigenvalue weighted by Gasteiger charge is 2.20. The highest BCUT2D eigenvalue weighted by Crippen LogP contribution is 2.20. The second-order valence-corrected chi connectivity index (χ2v) is 8.99. The van der Waals surface area contributed by atoms with E-state index in [2.05, 4.69) is 43.0 Å². The van der Waals surface area contributed by atoms with Crippen molar-refractivity contribution in [1.29, 1.82) is 0 Å². The molecule has 0 saturated carbocycles. The lowest BCUT2D eigenvalue weighted by Crippen LogP contribution is -2.44. The molecule has 2 aromatic heterocycles. The molecule has 0 spiro atoms. The zero-order valence-corrected chi connectivity index (χ0v) is 18.3. The molecule has 0 radical (unpaired) electrons. The number of guanidine groups is 1. The van der Waals surface area contributed by atoms with Crippen molar-refractivity contribution in [2.45, 2.75) is 25.8 Å². The van der Waals surface area contributed by atoms with Gasteiger partial charge in [0.1, 0.15) is 5.82 Å². The lowest BCUT2D eigenvalue weighted by atomic mass is 9.98. The van der Waals surface area contributed by atoms with Crippen LogP contribution in [-0.4, -0.2) is 49.1 Å². The minimum atomic E-state index is -0.213. The Labute approximate surface area is 181 Å². The van der Waals surface area contributed by atoms with Gasteiger partial charge in [-0.05, 0) is 66.9 Å². The average Bonchev–Trinajstić information content (AvgIpc) is 3.40. The van der Waals surface area contributed by atoms with Crippen molar-refractivity contribution >= 4 is 28.2 Å². The summed E-state index contributed by atoms with van der Waals surface area (Å²) < 4.78 is 13.3. The van der Waals surface area contributed by atoms with E-state index in [0.717, 1.165) is 49.5 Å². The van der Waals surface area contributed by atoms with E-state index in [9.17, 15) is 4.39 Å². The van der Waals surface area contributed by atoms with Crippen molar-refractivity contribution in [3.63, 3.8) is 0 Å². The number of hydrogen-bond acceptors (Lipinski definition) is 3. The van der Waals surface area contributed by atoms with Crippen molar-refractivity contribution in [1.82, 2.24) is 20.5 Å². The van der Waals surface area contributed by atoms with Crippen LogP contribution in [0.4, 0.5) is 4.39 Å². The molecule has 1 aliphatic heterocycles. The quantitative estimate of drug-likeness (QED) is 0.395. The molecular formula is C23H30FN5S. The number of nitrogens with zero attached hydrogens (tertiary/aromatic N) is 2. The third-order valence-electron chi connectivity index (χ3n) is 5.76. The number of thiophene rings is 1. The SMILES string of the molecule is CN=C(NCCc1c[nH]c2cc(F)ccc12)NCC1CCCN(Cc2cccs2)C1. The largest absolute Gasteiger partial charge is 0.361 e. The molecule has 3 heterocycles. The van der Waals surface area contributed by atoms with Crippen molar-refractivity contribution in [3.05, 3.63) is 58.2 Å². The number of benzene rings is 1. The third kappa shape index (κ3) is 5.40. The summed E-state index contributed by atoms with van der Waals surface area (Å²) in [4.78, 5) is 11.5. The van der Waals surface area contributed by atoms with Gasteiger partial charge in [0.2, 0.25) is 0 Å². The van der Waals surface area contributed by atoms with Crippen LogP contribution in [0.1, 0.15) is 23.3 Å². The normalized spacial score (nSPS) is 18.1. The maximum absolute atomic E-state index is 13.3. The van der Waals surface area contributed by atoms with Crippen molar-refractivity contribution in [2.24, 2.45) is 10.9 Å². The van der Waals surface area contributed by atoms with Gasteiger partial charge in [-0.15, -0.1) is 11.3 Å². The van der Waals surface area contributed by atoms with Gasteiger partial charge in [-0.2, -0.15) is 0 Å². The summed E-state index contributed by atoms with van der Waals surface area (Å²) in [6.07, 6.45) is 5.33. The summed E-state index contributed by atoms with van der Waals surface area (Å²) in [7, 11) is 1.81. The highest BCUT2D eigenvalue weighted by molar-refractivity contribution is 7.09. The van der Waals surface area contributed by atoms with E-state index >= 15 is 0 Å². The van der Waals surface area contributed by atoms with Crippen LogP contribution < -0.4 is 10.6 Å². The van der Waals surface area contributed by atoms with Crippen LogP contribution in [0.25, 0.3) is 10.9 Å². The Morgan fingerprint density at radius 2 is 2.27 bits per heavy atom. The van der Waals surface area contributed by atoms with Gasteiger partial charge in [0.25, 0.3) is 0 Å². The maximum Gasteiger partial charge on any atom is 0.190 e. The minimum absolute atomic E-state index is 0.213. The molecule has 0 bridgehead atoms. The number of aromatic amines is 1. The molecule has 30 heavy (non-hydrogen) atoms. The Hall–Kier alpha value is -2.38. The van der Waals surface area contributed by atoms with E-state index in [1.54, 1.807) is 6.07 Å². The van der Waals surface area contributed by atoms with Gasteiger partial charge in [0, 0.05) is 55.2 Å². The van der Waals surface area contributed by atoms with Gasteiger partial charge in [-0.1, -0.05) is 6.07 Å². The number of aromatic nitrogens is 1. The Morgan fingerprint density at radius 3 is 3.10 bits per heavy atom. The maximum atomic E-state index is 13.3. The van der Waals surface area contributed by atoms with Crippen molar-refractivity contribution in [2.75, 3.05) is 33.2 Å². The molecule has 1 aromatic carbocycles. The predicted molar refractivity (Wildman–Crippen MR) is 124 cm³/mol. The first-order valence-electron chi connectivity index (χ1n) is 10.7. The van der Waals surface area contributed by atoms with Gasteiger partial charge in [-0.3, -0.25) is 9.89 Å². The molecule has 1 atom stereocenters. The number of aliphatic imine (C=N–C) groups is 1. The first-order chi connectivity index (χ1) is 14.7. The van der Waals surface area contributed by atoms with E-state index in [1.807, 2.05) is 30.6 Å². The van der Waals surface area contributed by atoms with Crippen molar-refractivity contribution < 1.29 is 4.39 Å². The number of piperidine rings is 1. The fourth-order valence-electron chi connectivity index (χ4n) is 4.23. The summed E-state index contributed by atoms with van der Waals surface area (Å²) >= 11 is 1.84. The van der Waals surface area contributed by atoms with Gasteiger partial charge >= 0.3 is 0 Å². The van der Waals surface area contributed by atoms with Gasteiger partial charge in [-0.25, -0.2) is 4.39 Å². The molecule has 7 heteroatoms. The fourth-order valence-corrected chi connectivity index (χ4v) is 4.97. The Balaban J connectivity index is 1.21. The van der Waals surface area contributed by atoms with Crippen LogP contribution in [0.5, 0.6) is 0 Å². The van der Waals surface area contributed by atoms with Crippen LogP contribution >= 0.6 is 11.3 Å².